The minimum absolute atomic E-state index is 0.0935. The Morgan fingerprint density at radius 1 is 1.19 bits per heavy atom. The number of H-pyrrole nitrogens is 1. The van der Waals surface area contributed by atoms with Crippen LogP contribution in [0.15, 0.2) is 65.6 Å². The van der Waals surface area contributed by atoms with Crippen LogP contribution in [0, 0.1) is 0 Å². The van der Waals surface area contributed by atoms with E-state index in [4.69, 9.17) is 15.2 Å². The minimum Gasteiger partial charge on any atom is -0.489 e. The summed E-state index contributed by atoms with van der Waals surface area (Å²) in [5.41, 5.74) is 7.78. The van der Waals surface area contributed by atoms with Crippen LogP contribution in [0.5, 0.6) is 17.4 Å². The summed E-state index contributed by atoms with van der Waals surface area (Å²) in [5.74, 6) is 0.983. The van der Waals surface area contributed by atoms with Crippen LogP contribution in [-0.4, -0.2) is 50.8 Å². The summed E-state index contributed by atoms with van der Waals surface area (Å²) in [6.45, 7) is 2.49. The number of imidazole rings is 1. The summed E-state index contributed by atoms with van der Waals surface area (Å²) in [7, 11) is 1.69. The lowest BCUT2D eigenvalue weighted by molar-refractivity contribution is 0.1000. The van der Waals surface area contributed by atoms with Crippen molar-refractivity contribution in [3.8, 4) is 17.4 Å². The number of aliphatic hydroxyl groups excluding tert-OH is 1. The molecule has 0 aliphatic heterocycles. The van der Waals surface area contributed by atoms with Gasteiger partial charge in [-0.3, -0.25) is 9.36 Å². The molecule has 1 unspecified atom stereocenters. The molecule has 0 aliphatic rings. The zero-order valence-corrected chi connectivity index (χ0v) is 20.1. The molecule has 4 rings (SSSR count). The number of pyridine rings is 1. The van der Waals surface area contributed by atoms with Crippen LogP contribution in [0.3, 0.4) is 0 Å². The number of amides is 1. The SMILES string of the molecule is CC(Cc1ccc(Oc2ccc(C(N)=O)cn2)cc1)NC[C@H](O)COc1cccc2c1[nH]c(=O)n2C. The molecule has 2 aromatic carbocycles. The number of carbonyl (C=O) groups excluding carboxylic acids is 1. The maximum Gasteiger partial charge on any atom is 0.326 e. The largest absolute Gasteiger partial charge is 0.489 e. The molecule has 2 heterocycles. The highest BCUT2D eigenvalue weighted by molar-refractivity contribution is 5.92. The lowest BCUT2D eigenvalue weighted by Crippen LogP contribution is -2.37. The van der Waals surface area contributed by atoms with Gasteiger partial charge in [0.1, 0.15) is 29.7 Å². The molecule has 0 saturated carbocycles. The van der Waals surface area contributed by atoms with E-state index in [1.54, 1.807) is 25.2 Å². The zero-order chi connectivity index (χ0) is 25.7. The van der Waals surface area contributed by atoms with Crippen LogP contribution in [0.1, 0.15) is 22.8 Å². The molecule has 10 heteroatoms. The number of fused-ring (bicyclic) bond motifs is 1. The van der Waals surface area contributed by atoms with E-state index in [1.165, 1.54) is 10.8 Å². The molecule has 0 bridgehead atoms. The Balaban J connectivity index is 1.22. The normalized spacial score (nSPS) is 12.9. The molecule has 10 nitrogen and oxygen atoms in total. The number of aromatic amines is 1. The highest BCUT2D eigenvalue weighted by Crippen LogP contribution is 2.22. The van der Waals surface area contributed by atoms with Gasteiger partial charge in [0.05, 0.1) is 11.1 Å². The molecule has 5 N–H and O–H groups in total. The molecule has 0 saturated heterocycles. The van der Waals surface area contributed by atoms with Gasteiger partial charge in [-0.2, -0.15) is 0 Å². The maximum absolute atomic E-state index is 11.9. The first-order chi connectivity index (χ1) is 17.3. The van der Waals surface area contributed by atoms with Gasteiger partial charge in [-0.15, -0.1) is 0 Å². The number of aliphatic hydroxyl groups is 1. The van der Waals surface area contributed by atoms with Crippen molar-refractivity contribution < 1.29 is 19.4 Å². The van der Waals surface area contributed by atoms with Gasteiger partial charge < -0.3 is 30.6 Å². The smallest absolute Gasteiger partial charge is 0.326 e. The summed E-state index contributed by atoms with van der Waals surface area (Å²) in [6.07, 6.45) is 1.41. The fraction of sp³-hybridized carbons (Fsp3) is 0.269. The number of ether oxygens (including phenoxy) is 2. The van der Waals surface area contributed by atoms with Crippen LogP contribution < -0.4 is 26.2 Å². The number of benzene rings is 2. The topological polar surface area (TPSA) is 144 Å². The zero-order valence-electron chi connectivity index (χ0n) is 20.1. The Kier molecular flexibility index (Phi) is 7.67. The summed E-state index contributed by atoms with van der Waals surface area (Å²) in [5, 5.41) is 13.7. The van der Waals surface area contributed by atoms with E-state index in [2.05, 4.69) is 15.3 Å². The summed E-state index contributed by atoms with van der Waals surface area (Å²) in [4.78, 5) is 29.8. The Bertz CT molecular complexity index is 1380. The first-order valence-corrected chi connectivity index (χ1v) is 11.5. The molecule has 0 spiro atoms. The van der Waals surface area contributed by atoms with Crippen LogP contribution in [0.25, 0.3) is 11.0 Å². The third-order valence-corrected chi connectivity index (χ3v) is 5.74. The molecule has 2 atom stereocenters. The van der Waals surface area contributed by atoms with Crippen molar-refractivity contribution in [2.45, 2.75) is 25.5 Å². The number of rotatable bonds is 11. The third-order valence-electron chi connectivity index (χ3n) is 5.74. The molecule has 2 aromatic heterocycles. The average Bonchev–Trinajstić information content (AvgIpc) is 3.17. The molecule has 0 aliphatic carbocycles. The number of aryl methyl sites for hydroxylation is 1. The van der Waals surface area contributed by atoms with Crippen LogP contribution in [-0.2, 0) is 13.5 Å². The lowest BCUT2D eigenvalue weighted by Gasteiger charge is -2.18. The fourth-order valence-electron chi connectivity index (χ4n) is 3.75. The second-order valence-corrected chi connectivity index (χ2v) is 8.61. The predicted molar refractivity (Wildman–Crippen MR) is 135 cm³/mol. The molecule has 4 aromatic rings. The Morgan fingerprint density at radius 2 is 1.97 bits per heavy atom. The Hall–Kier alpha value is -4.15. The monoisotopic (exact) mass is 491 g/mol. The van der Waals surface area contributed by atoms with Gasteiger partial charge in [0, 0.05) is 31.9 Å². The number of aromatic nitrogens is 3. The lowest BCUT2D eigenvalue weighted by atomic mass is 10.1. The quantitative estimate of drug-likeness (QED) is 0.251. The Morgan fingerprint density at radius 3 is 2.67 bits per heavy atom. The van der Waals surface area contributed by atoms with E-state index in [0.717, 1.165) is 17.5 Å². The van der Waals surface area contributed by atoms with E-state index in [-0.39, 0.29) is 18.3 Å². The van der Waals surface area contributed by atoms with Gasteiger partial charge in [0.2, 0.25) is 11.8 Å². The third kappa shape index (κ3) is 6.09. The number of primary amides is 1. The molecular weight excluding hydrogens is 462 g/mol. The average molecular weight is 492 g/mol. The summed E-state index contributed by atoms with van der Waals surface area (Å²) in [6, 6.07) is 16.3. The maximum atomic E-state index is 11.9. The second-order valence-electron chi connectivity index (χ2n) is 8.61. The first-order valence-electron chi connectivity index (χ1n) is 11.5. The molecule has 36 heavy (non-hydrogen) atoms. The molecule has 0 radical (unpaired) electrons. The summed E-state index contributed by atoms with van der Waals surface area (Å²) >= 11 is 0. The number of nitrogens with zero attached hydrogens (tertiary/aromatic N) is 2. The van der Waals surface area contributed by atoms with Gasteiger partial charge in [-0.1, -0.05) is 18.2 Å². The van der Waals surface area contributed by atoms with Crippen molar-refractivity contribution in [2.75, 3.05) is 13.2 Å². The van der Waals surface area contributed by atoms with Gasteiger partial charge >= 0.3 is 5.69 Å². The van der Waals surface area contributed by atoms with Gasteiger partial charge in [0.25, 0.3) is 0 Å². The van der Waals surface area contributed by atoms with E-state index in [1.807, 2.05) is 43.3 Å². The van der Waals surface area contributed by atoms with Gasteiger partial charge in [-0.25, -0.2) is 9.78 Å². The first kappa shape index (κ1) is 25.0. The number of nitrogens with two attached hydrogens (primary N) is 1. The number of hydrogen-bond donors (Lipinski definition) is 4. The predicted octanol–water partition coefficient (Wildman–Crippen LogP) is 2.11. The van der Waals surface area contributed by atoms with E-state index >= 15 is 0 Å². The van der Waals surface area contributed by atoms with E-state index < -0.39 is 12.0 Å². The number of carbonyl (C=O) groups is 1. The van der Waals surface area contributed by atoms with Gasteiger partial charge in [0.15, 0.2) is 0 Å². The van der Waals surface area contributed by atoms with Crippen molar-refractivity contribution in [2.24, 2.45) is 12.8 Å². The molecule has 188 valence electrons. The fourth-order valence-corrected chi connectivity index (χ4v) is 3.75. The highest BCUT2D eigenvalue weighted by Gasteiger charge is 2.12. The van der Waals surface area contributed by atoms with E-state index in [0.29, 0.717) is 35.0 Å². The summed E-state index contributed by atoms with van der Waals surface area (Å²) < 4.78 is 13.0. The molecular formula is C26H29N5O5. The number of hydrogen-bond acceptors (Lipinski definition) is 7. The van der Waals surface area contributed by atoms with Crippen molar-refractivity contribution in [3.05, 3.63) is 82.4 Å². The highest BCUT2D eigenvalue weighted by atomic mass is 16.5. The van der Waals surface area contributed by atoms with Crippen molar-refractivity contribution in [1.29, 1.82) is 0 Å². The standard InChI is InChI=1S/C26H29N5O5/c1-16(12-17-6-9-20(10-7-17)36-23-11-8-18(13-29-23)25(27)33)28-14-19(32)15-35-22-5-3-4-21-24(22)30-26(34)31(21)2/h3-11,13,16,19,28,32H,12,14-15H2,1-2H3,(H2,27,33)(H,30,34)/t16?,19-/m0/s1. The van der Waals surface area contributed by atoms with E-state index in [9.17, 15) is 14.7 Å². The van der Waals surface area contributed by atoms with Crippen molar-refractivity contribution in [3.63, 3.8) is 0 Å². The Labute approximate surface area is 207 Å². The van der Waals surface area contributed by atoms with Gasteiger partial charge in [-0.05, 0) is 49.2 Å². The number of para-hydroxylation sites is 1. The number of nitrogens with one attached hydrogen (secondary N) is 2. The second kappa shape index (κ2) is 11.1. The molecule has 1 amide bonds. The van der Waals surface area contributed by atoms with Crippen molar-refractivity contribution in [1.82, 2.24) is 19.9 Å². The van der Waals surface area contributed by atoms with Crippen LogP contribution in [0.4, 0.5) is 0 Å². The van der Waals surface area contributed by atoms with Crippen LogP contribution >= 0.6 is 0 Å². The minimum atomic E-state index is -0.720. The molecule has 0 fully saturated rings. The van der Waals surface area contributed by atoms with Crippen molar-refractivity contribution >= 4 is 16.9 Å². The van der Waals surface area contributed by atoms with Crippen LogP contribution in [0.2, 0.25) is 0 Å².